The highest BCUT2D eigenvalue weighted by molar-refractivity contribution is 6.00. The van der Waals surface area contributed by atoms with Crippen LogP contribution >= 0.6 is 0 Å². The first kappa shape index (κ1) is 15.0. The van der Waals surface area contributed by atoms with Crippen LogP contribution in [0.4, 0.5) is 21.9 Å². The van der Waals surface area contributed by atoms with Gasteiger partial charge in [0.15, 0.2) is 17.1 Å². The van der Waals surface area contributed by atoms with Gasteiger partial charge < -0.3 is 0 Å². The number of urea groups is 1. The van der Waals surface area contributed by atoms with E-state index in [1.807, 2.05) is 91.0 Å². The molecule has 0 aromatic heterocycles. The van der Waals surface area contributed by atoms with E-state index in [0.29, 0.717) is 0 Å². The quantitative estimate of drug-likeness (QED) is 0.329. The number of carbonyl (C=O) groups is 1. The van der Waals surface area contributed by atoms with Crippen molar-refractivity contribution in [1.82, 2.24) is 9.91 Å². The lowest BCUT2D eigenvalue weighted by molar-refractivity contribution is 0.229. The van der Waals surface area contributed by atoms with Gasteiger partial charge in [-0.3, -0.25) is 0 Å². The van der Waals surface area contributed by atoms with E-state index in [1.165, 1.54) is 0 Å². The second kappa shape index (κ2) is 6.44. The van der Waals surface area contributed by atoms with Gasteiger partial charge in [-0.05, 0) is 0 Å². The van der Waals surface area contributed by atoms with Gasteiger partial charge in [0.2, 0.25) is 0 Å². The number of hydrogen-bond donors (Lipinski definition) is 2. The second-order valence-corrected chi connectivity index (χ2v) is 5.13. The summed E-state index contributed by atoms with van der Waals surface area (Å²) in [5.74, 6) is 5.55. The number of rotatable bonds is 3. The number of amides is 2. The van der Waals surface area contributed by atoms with Gasteiger partial charge in [-0.2, -0.15) is 0 Å². The lowest BCUT2D eigenvalue weighted by Crippen LogP contribution is -2.53. The van der Waals surface area contributed by atoms with Crippen LogP contribution in [0.1, 0.15) is 0 Å². The Hall–Kier alpha value is -2.95. The molecule has 3 aromatic rings. The van der Waals surface area contributed by atoms with Gasteiger partial charge >= 0.3 is 6.03 Å². The van der Waals surface area contributed by atoms with E-state index < -0.39 is 0 Å². The minimum Gasteiger partial charge on any atom is -0.243 e. The third-order valence-corrected chi connectivity index (χ3v) is 3.86. The molecule has 0 fully saturated rings. The van der Waals surface area contributed by atoms with Crippen molar-refractivity contribution in [3.05, 3.63) is 91.0 Å². The fraction of sp³-hybridized carbons (Fsp3) is 0. The molecule has 114 valence electrons. The predicted octanol–water partition coefficient (Wildman–Crippen LogP) is 4.24. The second-order valence-electron chi connectivity index (χ2n) is 5.13. The minimum atomic E-state index is -0.325. The lowest BCUT2D eigenvalue weighted by Gasteiger charge is -2.33. The largest absolute Gasteiger partial charge is 0.445 e. The zero-order valence-corrected chi connectivity index (χ0v) is 12.6. The molecule has 0 aliphatic rings. The fourth-order valence-electron chi connectivity index (χ4n) is 2.85. The predicted molar refractivity (Wildman–Crippen MR) is 93.2 cm³/mol. The van der Waals surface area contributed by atoms with Crippen molar-refractivity contribution in [3.63, 3.8) is 0 Å². The molecule has 0 unspecified atom stereocenters. The Bertz CT molecular complexity index is 677. The van der Waals surface area contributed by atoms with E-state index in [1.54, 1.807) is 0 Å². The molecule has 0 radical (unpaired) electrons. The summed E-state index contributed by atoms with van der Waals surface area (Å²) in [7, 11) is 0. The SMILES string of the molecule is NNC(=O)[N+](c1ccccc1)(c1ccccc1)c1ccccc1. The molecule has 0 aliphatic heterocycles. The first-order valence-electron chi connectivity index (χ1n) is 7.37. The highest BCUT2D eigenvalue weighted by Gasteiger charge is 2.44. The van der Waals surface area contributed by atoms with E-state index in [0.717, 1.165) is 17.1 Å². The Balaban J connectivity index is 2.38. The summed E-state index contributed by atoms with van der Waals surface area (Å²) in [6, 6.07) is 28.5. The number of nitrogens with zero attached hydrogens (tertiary/aromatic N) is 1. The van der Waals surface area contributed by atoms with Crippen molar-refractivity contribution in [2.24, 2.45) is 5.84 Å². The van der Waals surface area contributed by atoms with Gasteiger partial charge in [0.1, 0.15) is 0 Å². The molecule has 23 heavy (non-hydrogen) atoms. The van der Waals surface area contributed by atoms with E-state index in [4.69, 9.17) is 5.84 Å². The maximum absolute atomic E-state index is 13.0. The Morgan fingerprint density at radius 2 is 0.957 bits per heavy atom. The standard InChI is InChI=1S/C19H17N3O/c20-21-19(23)22(16-10-4-1-5-11-16,17-12-6-2-7-13-17)18-14-8-3-9-15-18/h1-15H,20H2/p+1. The maximum atomic E-state index is 13.0. The van der Waals surface area contributed by atoms with Crippen LogP contribution in [0.5, 0.6) is 0 Å². The lowest BCUT2D eigenvalue weighted by atomic mass is 10.1. The van der Waals surface area contributed by atoms with Crippen molar-refractivity contribution >= 4 is 23.1 Å². The van der Waals surface area contributed by atoms with Gasteiger partial charge in [-0.15, -0.1) is 4.48 Å². The molecule has 2 amide bonds. The van der Waals surface area contributed by atoms with Crippen LogP contribution in [0.15, 0.2) is 91.0 Å². The van der Waals surface area contributed by atoms with Crippen LogP contribution in [0.3, 0.4) is 0 Å². The van der Waals surface area contributed by atoms with Crippen LogP contribution in [0.2, 0.25) is 0 Å². The number of quaternary nitrogens is 1. The van der Waals surface area contributed by atoms with Crippen molar-refractivity contribution in [3.8, 4) is 0 Å². The number of benzene rings is 3. The van der Waals surface area contributed by atoms with Crippen LogP contribution in [0.25, 0.3) is 0 Å². The van der Waals surface area contributed by atoms with Crippen molar-refractivity contribution < 1.29 is 4.79 Å². The number of hydrogen-bond acceptors (Lipinski definition) is 2. The molecule has 0 aliphatic carbocycles. The normalized spacial score (nSPS) is 11.0. The zero-order chi connectivity index (χ0) is 16.1. The van der Waals surface area contributed by atoms with E-state index in [-0.39, 0.29) is 10.5 Å². The van der Waals surface area contributed by atoms with Crippen LogP contribution in [-0.2, 0) is 0 Å². The molecule has 4 heteroatoms. The average molecular weight is 304 g/mol. The first-order chi connectivity index (χ1) is 11.3. The molecule has 0 heterocycles. The number of nitrogens with two attached hydrogens (primary N) is 1. The summed E-state index contributed by atoms with van der Waals surface area (Å²) in [6.45, 7) is 0. The Morgan fingerprint density at radius 3 is 1.22 bits per heavy atom. The summed E-state index contributed by atoms with van der Waals surface area (Å²) in [5.41, 5.74) is 4.77. The summed E-state index contributed by atoms with van der Waals surface area (Å²) in [4.78, 5) is 13.0. The third-order valence-electron chi connectivity index (χ3n) is 3.86. The van der Waals surface area contributed by atoms with Crippen LogP contribution in [-0.4, -0.2) is 6.03 Å². The van der Waals surface area contributed by atoms with Crippen molar-refractivity contribution in [2.75, 3.05) is 0 Å². The summed E-state index contributed by atoms with van der Waals surface area (Å²) >= 11 is 0. The Kier molecular flexibility index (Phi) is 4.19. The number of carbonyl (C=O) groups excluding carboxylic acids is 1. The maximum Gasteiger partial charge on any atom is 0.445 e. The molecular formula is C19H18N3O+. The molecule has 3 aromatic carbocycles. The van der Waals surface area contributed by atoms with E-state index in [2.05, 4.69) is 5.43 Å². The summed E-state index contributed by atoms with van der Waals surface area (Å²) < 4.78 is -0.126. The molecule has 0 saturated heterocycles. The van der Waals surface area contributed by atoms with E-state index >= 15 is 0 Å². The monoisotopic (exact) mass is 304 g/mol. The van der Waals surface area contributed by atoms with Crippen molar-refractivity contribution in [2.45, 2.75) is 0 Å². The molecular weight excluding hydrogens is 286 g/mol. The van der Waals surface area contributed by atoms with Crippen molar-refractivity contribution in [1.29, 1.82) is 0 Å². The van der Waals surface area contributed by atoms with Gasteiger partial charge in [-0.1, -0.05) is 54.6 Å². The highest BCUT2D eigenvalue weighted by Crippen LogP contribution is 2.43. The molecule has 0 spiro atoms. The van der Waals surface area contributed by atoms with Crippen LogP contribution < -0.4 is 15.8 Å². The zero-order valence-electron chi connectivity index (χ0n) is 12.6. The number of nitrogens with one attached hydrogen (secondary N) is 1. The van der Waals surface area contributed by atoms with E-state index in [9.17, 15) is 4.79 Å². The summed E-state index contributed by atoms with van der Waals surface area (Å²) in [6.07, 6.45) is 0. The minimum absolute atomic E-state index is 0.126. The number of hydrazine groups is 1. The van der Waals surface area contributed by atoms with Gasteiger partial charge in [0, 0.05) is 36.4 Å². The first-order valence-corrected chi connectivity index (χ1v) is 7.37. The molecule has 0 bridgehead atoms. The summed E-state index contributed by atoms with van der Waals surface area (Å²) in [5, 5.41) is 0. The smallest absolute Gasteiger partial charge is 0.243 e. The van der Waals surface area contributed by atoms with Gasteiger partial charge in [0.05, 0.1) is 0 Å². The highest BCUT2D eigenvalue weighted by atomic mass is 16.2. The fourth-order valence-corrected chi connectivity index (χ4v) is 2.85. The molecule has 3 N–H and O–H groups in total. The van der Waals surface area contributed by atoms with Gasteiger partial charge in [0.25, 0.3) is 0 Å². The molecule has 4 nitrogen and oxygen atoms in total. The van der Waals surface area contributed by atoms with Crippen LogP contribution in [0, 0.1) is 0 Å². The van der Waals surface area contributed by atoms with Gasteiger partial charge in [-0.25, -0.2) is 16.1 Å². The Labute approximate surface area is 135 Å². The third kappa shape index (κ3) is 2.50. The molecule has 0 atom stereocenters. The molecule has 3 rings (SSSR count). The number of para-hydroxylation sites is 3. The topological polar surface area (TPSA) is 55.1 Å². The molecule has 0 saturated carbocycles. The average Bonchev–Trinajstić information content (AvgIpc) is 2.65. The Morgan fingerprint density at radius 1 is 0.652 bits per heavy atom.